The lowest BCUT2D eigenvalue weighted by atomic mass is 10.2. The van der Waals surface area contributed by atoms with Crippen LogP contribution in [0.15, 0.2) is 42.7 Å². The molecule has 8 nitrogen and oxygen atoms in total. The first kappa shape index (κ1) is 19.1. The van der Waals surface area contributed by atoms with Gasteiger partial charge in [0.2, 0.25) is 0 Å². The van der Waals surface area contributed by atoms with E-state index in [9.17, 15) is 4.79 Å². The highest BCUT2D eigenvalue weighted by Crippen LogP contribution is 2.32. The summed E-state index contributed by atoms with van der Waals surface area (Å²) < 4.78 is 12.8. The molecule has 5 rings (SSSR count). The highest BCUT2D eigenvalue weighted by molar-refractivity contribution is 7.20. The van der Waals surface area contributed by atoms with Crippen LogP contribution >= 0.6 is 11.3 Å². The normalized spacial score (nSPS) is 21.1. The number of nitrogens with zero attached hydrogens (tertiary/aromatic N) is 4. The SMILES string of the molecule is NC(=O)N1[C@@H]2CC[C@H]1CN(CCOc1ccc(Oc3nc4cnccc4s3)cc1)C2. The van der Waals surface area contributed by atoms with Crippen molar-refractivity contribution in [1.29, 1.82) is 0 Å². The van der Waals surface area contributed by atoms with E-state index in [1.807, 2.05) is 35.2 Å². The summed E-state index contributed by atoms with van der Waals surface area (Å²) in [4.78, 5) is 24.3. The second-order valence-electron chi connectivity index (χ2n) is 7.64. The Balaban J connectivity index is 1.11. The zero-order valence-electron chi connectivity index (χ0n) is 16.4. The van der Waals surface area contributed by atoms with E-state index < -0.39 is 0 Å². The van der Waals surface area contributed by atoms with Crippen molar-refractivity contribution in [2.75, 3.05) is 26.2 Å². The molecule has 2 aliphatic rings. The van der Waals surface area contributed by atoms with Gasteiger partial charge in [-0.2, -0.15) is 0 Å². The van der Waals surface area contributed by atoms with Gasteiger partial charge in [0, 0.05) is 37.9 Å². The standard InChI is InChI=1S/C21H23N5O3S/c22-20(27)26-14-1-2-15(26)13-25(12-14)9-10-28-16-3-5-17(6-4-16)29-21-24-18-11-23-8-7-19(18)30-21/h3-8,11,14-15H,1-2,9-10,12-13H2,(H2,22,27)/t14-,15+. The smallest absolute Gasteiger partial charge is 0.315 e. The number of benzene rings is 1. The Morgan fingerprint density at radius 3 is 2.57 bits per heavy atom. The third-order valence-corrected chi connectivity index (χ3v) is 6.60. The van der Waals surface area contributed by atoms with Crippen molar-refractivity contribution < 1.29 is 14.3 Å². The van der Waals surface area contributed by atoms with Crippen LogP contribution < -0.4 is 15.2 Å². The molecule has 9 heteroatoms. The zero-order valence-corrected chi connectivity index (χ0v) is 17.3. The van der Waals surface area contributed by atoms with Crippen molar-refractivity contribution in [2.45, 2.75) is 24.9 Å². The number of rotatable bonds is 6. The number of hydrogen-bond acceptors (Lipinski definition) is 7. The maximum absolute atomic E-state index is 11.6. The lowest BCUT2D eigenvalue weighted by Crippen LogP contribution is -2.57. The number of thiazole rings is 1. The quantitative estimate of drug-likeness (QED) is 0.652. The largest absolute Gasteiger partial charge is 0.492 e. The Hall–Kier alpha value is -2.91. The summed E-state index contributed by atoms with van der Waals surface area (Å²) in [6, 6.07) is 9.69. The number of piperazine rings is 1. The Kier molecular flexibility index (Phi) is 5.14. The number of likely N-dealkylation sites (tertiary alicyclic amines) is 1. The number of pyridine rings is 1. The minimum absolute atomic E-state index is 0.246. The van der Waals surface area contributed by atoms with Gasteiger partial charge in [0.25, 0.3) is 5.19 Å². The van der Waals surface area contributed by atoms with Crippen LogP contribution in [-0.2, 0) is 0 Å². The fourth-order valence-corrected chi connectivity index (χ4v) is 5.13. The Morgan fingerprint density at radius 2 is 1.87 bits per heavy atom. The molecule has 0 unspecified atom stereocenters. The third kappa shape index (κ3) is 3.90. The van der Waals surface area contributed by atoms with Crippen LogP contribution in [0.3, 0.4) is 0 Å². The van der Waals surface area contributed by atoms with Gasteiger partial charge in [-0.3, -0.25) is 9.88 Å². The number of urea groups is 1. The Labute approximate surface area is 178 Å². The first-order valence-electron chi connectivity index (χ1n) is 10.1. The number of nitrogens with two attached hydrogens (primary N) is 1. The Bertz CT molecular complexity index is 994. The van der Waals surface area contributed by atoms with Crippen molar-refractivity contribution in [2.24, 2.45) is 5.73 Å². The van der Waals surface area contributed by atoms with Crippen LogP contribution in [-0.4, -0.2) is 64.1 Å². The fraction of sp³-hybridized carbons (Fsp3) is 0.381. The van der Waals surface area contributed by atoms with Crippen LogP contribution in [0.2, 0.25) is 0 Å². The van der Waals surface area contributed by atoms with E-state index in [-0.39, 0.29) is 18.1 Å². The van der Waals surface area contributed by atoms with Gasteiger partial charge in [-0.05, 0) is 43.2 Å². The van der Waals surface area contributed by atoms with E-state index in [2.05, 4.69) is 14.9 Å². The minimum atomic E-state index is -0.289. The molecule has 2 saturated heterocycles. The molecular weight excluding hydrogens is 402 g/mol. The fourth-order valence-electron chi connectivity index (χ4n) is 4.33. The average Bonchev–Trinajstić information content (AvgIpc) is 3.27. The second kappa shape index (κ2) is 8.08. The molecule has 156 valence electrons. The third-order valence-electron chi connectivity index (χ3n) is 5.69. The van der Waals surface area contributed by atoms with Gasteiger partial charge in [-0.25, -0.2) is 9.78 Å². The molecule has 0 saturated carbocycles. The summed E-state index contributed by atoms with van der Waals surface area (Å²) in [5.74, 6) is 1.52. The van der Waals surface area contributed by atoms with E-state index in [0.29, 0.717) is 17.6 Å². The van der Waals surface area contributed by atoms with Gasteiger partial charge in [-0.1, -0.05) is 11.3 Å². The van der Waals surface area contributed by atoms with Gasteiger partial charge in [0.1, 0.15) is 23.6 Å². The summed E-state index contributed by atoms with van der Waals surface area (Å²) >= 11 is 1.49. The highest BCUT2D eigenvalue weighted by Gasteiger charge is 2.41. The number of amides is 2. The van der Waals surface area contributed by atoms with Gasteiger partial charge >= 0.3 is 6.03 Å². The number of aromatic nitrogens is 2. The number of hydrogen-bond donors (Lipinski definition) is 1. The molecule has 2 N–H and O–H groups in total. The summed E-state index contributed by atoms with van der Waals surface area (Å²) in [5, 5.41) is 0.594. The first-order chi connectivity index (χ1) is 14.7. The van der Waals surface area contributed by atoms with Crippen LogP contribution in [0.4, 0.5) is 4.79 Å². The molecule has 30 heavy (non-hydrogen) atoms. The average molecular weight is 426 g/mol. The highest BCUT2D eigenvalue weighted by atomic mass is 32.1. The number of ether oxygens (including phenoxy) is 2. The molecular formula is C21H23N5O3S. The predicted octanol–water partition coefficient (Wildman–Crippen LogP) is 3.09. The molecule has 0 spiro atoms. The molecule has 2 amide bonds. The van der Waals surface area contributed by atoms with E-state index in [1.165, 1.54) is 11.3 Å². The van der Waals surface area contributed by atoms with E-state index in [0.717, 1.165) is 48.4 Å². The van der Waals surface area contributed by atoms with Crippen LogP contribution in [0.1, 0.15) is 12.8 Å². The second-order valence-corrected chi connectivity index (χ2v) is 8.63. The molecule has 4 heterocycles. The molecule has 3 aromatic rings. The van der Waals surface area contributed by atoms with E-state index >= 15 is 0 Å². The van der Waals surface area contributed by atoms with Crippen LogP contribution in [0.5, 0.6) is 16.7 Å². The molecule has 2 aliphatic heterocycles. The molecule has 1 aromatic carbocycles. The summed E-state index contributed by atoms with van der Waals surface area (Å²) in [6.45, 7) is 3.17. The number of carbonyl (C=O) groups excluding carboxylic acids is 1. The van der Waals surface area contributed by atoms with Crippen molar-refractivity contribution in [1.82, 2.24) is 19.8 Å². The lowest BCUT2D eigenvalue weighted by molar-refractivity contribution is 0.0830. The summed E-state index contributed by atoms with van der Waals surface area (Å²) in [6.07, 6.45) is 5.56. The molecule has 0 aliphatic carbocycles. The van der Waals surface area contributed by atoms with Crippen LogP contribution in [0, 0.1) is 0 Å². The molecule has 2 bridgehead atoms. The number of primary amides is 1. The van der Waals surface area contributed by atoms with E-state index in [4.69, 9.17) is 15.2 Å². The monoisotopic (exact) mass is 425 g/mol. The topological polar surface area (TPSA) is 93.8 Å². The van der Waals surface area contributed by atoms with Gasteiger partial charge in [0.05, 0.1) is 10.9 Å². The predicted molar refractivity (Wildman–Crippen MR) is 114 cm³/mol. The maximum Gasteiger partial charge on any atom is 0.315 e. The summed E-state index contributed by atoms with van der Waals surface area (Å²) in [5.41, 5.74) is 6.35. The van der Waals surface area contributed by atoms with E-state index in [1.54, 1.807) is 12.4 Å². The van der Waals surface area contributed by atoms with Gasteiger partial charge in [-0.15, -0.1) is 0 Å². The zero-order chi connectivity index (χ0) is 20.5. The minimum Gasteiger partial charge on any atom is -0.492 e. The molecule has 2 atom stereocenters. The first-order valence-corrected chi connectivity index (χ1v) is 10.9. The number of fused-ring (bicyclic) bond motifs is 3. The maximum atomic E-state index is 11.6. The summed E-state index contributed by atoms with van der Waals surface area (Å²) in [7, 11) is 0. The Morgan fingerprint density at radius 1 is 1.13 bits per heavy atom. The van der Waals surface area contributed by atoms with Gasteiger partial charge < -0.3 is 20.1 Å². The molecule has 2 fully saturated rings. The van der Waals surface area contributed by atoms with Crippen molar-refractivity contribution in [3.05, 3.63) is 42.7 Å². The van der Waals surface area contributed by atoms with Crippen molar-refractivity contribution >= 4 is 27.6 Å². The molecule has 2 aromatic heterocycles. The van der Waals surface area contributed by atoms with Crippen LogP contribution in [0.25, 0.3) is 10.2 Å². The van der Waals surface area contributed by atoms with Crippen molar-refractivity contribution in [3.8, 4) is 16.7 Å². The number of carbonyl (C=O) groups is 1. The lowest BCUT2D eigenvalue weighted by Gasteiger charge is -2.40. The molecule has 0 radical (unpaired) electrons. The van der Waals surface area contributed by atoms with Crippen molar-refractivity contribution in [3.63, 3.8) is 0 Å². The van der Waals surface area contributed by atoms with Gasteiger partial charge in [0.15, 0.2) is 0 Å².